The number of guanidine groups is 1. The highest BCUT2D eigenvalue weighted by molar-refractivity contribution is 5.84. The lowest BCUT2D eigenvalue weighted by atomic mass is 10.1. The van der Waals surface area contributed by atoms with Crippen LogP contribution in [0.1, 0.15) is 23.6 Å². The van der Waals surface area contributed by atoms with E-state index in [0.717, 1.165) is 31.0 Å². The SMILES string of the molecule is CCNC(=NCC(O)Cc1ccccc1)NCCc1c[nH]c2cc(C)ccc12. The second kappa shape index (κ2) is 9.95. The van der Waals surface area contributed by atoms with Crippen molar-refractivity contribution in [2.24, 2.45) is 4.99 Å². The van der Waals surface area contributed by atoms with Crippen LogP contribution in [0, 0.1) is 6.92 Å². The van der Waals surface area contributed by atoms with Crippen LogP contribution in [-0.2, 0) is 12.8 Å². The summed E-state index contributed by atoms with van der Waals surface area (Å²) < 4.78 is 0. The molecule has 2 aromatic carbocycles. The Bertz CT molecular complexity index is 901. The van der Waals surface area contributed by atoms with Crippen LogP contribution in [0.2, 0.25) is 0 Å². The monoisotopic (exact) mass is 378 g/mol. The number of fused-ring (bicyclic) bond motifs is 1. The van der Waals surface area contributed by atoms with Crippen molar-refractivity contribution in [2.45, 2.75) is 32.8 Å². The van der Waals surface area contributed by atoms with Gasteiger partial charge in [0.1, 0.15) is 0 Å². The van der Waals surface area contributed by atoms with Gasteiger partial charge in [0.25, 0.3) is 0 Å². The normalized spacial score (nSPS) is 12.9. The maximum Gasteiger partial charge on any atom is 0.191 e. The van der Waals surface area contributed by atoms with E-state index in [2.05, 4.69) is 51.9 Å². The topological polar surface area (TPSA) is 72.4 Å². The summed E-state index contributed by atoms with van der Waals surface area (Å²) in [6.45, 7) is 6.08. The molecule has 5 nitrogen and oxygen atoms in total. The van der Waals surface area contributed by atoms with Crippen molar-refractivity contribution >= 4 is 16.9 Å². The van der Waals surface area contributed by atoms with E-state index < -0.39 is 6.10 Å². The van der Waals surface area contributed by atoms with Crippen LogP contribution >= 0.6 is 0 Å². The van der Waals surface area contributed by atoms with E-state index in [4.69, 9.17) is 0 Å². The molecule has 3 aromatic rings. The fourth-order valence-corrected chi connectivity index (χ4v) is 3.31. The zero-order chi connectivity index (χ0) is 19.8. The number of hydrogen-bond acceptors (Lipinski definition) is 2. The molecule has 0 spiro atoms. The summed E-state index contributed by atoms with van der Waals surface area (Å²) in [5, 5.41) is 18.2. The Morgan fingerprint density at radius 2 is 1.96 bits per heavy atom. The summed E-state index contributed by atoms with van der Waals surface area (Å²) in [7, 11) is 0. The van der Waals surface area contributed by atoms with Crippen molar-refractivity contribution in [1.82, 2.24) is 15.6 Å². The molecular weight excluding hydrogens is 348 g/mol. The van der Waals surface area contributed by atoms with E-state index >= 15 is 0 Å². The second-order valence-corrected chi connectivity index (χ2v) is 7.10. The number of aromatic amines is 1. The number of nitrogens with zero attached hydrogens (tertiary/aromatic N) is 1. The molecule has 3 rings (SSSR count). The van der Waals surface area contributed by atoms with E-state index in [1.54, 1.807) is 0 Å². The van der Waals surface area contributed by atoms with Crippen LogP contribution in [-0.4, -0.2) is 41.8 Å². The number of aliphatic hydroxyl groups excluding tert-OH is 1. The van der Waals surface area contributed by atoms with Gasteiger partial charge in [-0.25, -0.2) is 0 Å². The summed E-state index contributed by atoms with van der Waals surface area (Å²) in [5.74, 6) is 0.741. The number of aliphatic hydroxyl groups is 1. The number of H-pyrrole nitrogens is 1. The van der Waals surface area contributed by atoms with Crippen molar-refractivity contribution in [3.63, 3.8) is 0 Å². The smallest absolute Gasteiger partial charge is 0.191 e. The van der Waals surface area contributed by atoms with Crippen molar-refractivity contribution < 1.29 is 5.11 Å². The van der Waals surface area contributed by atoms with E-state index in [-0.39, 0.29) is 0 Å². The molecule has 1 unspecified atom stereocenters. The minimum Gasteiger partial charge on any atom is -0.391 e. The Morgan fingerprint density at radius 3 is 2.75 bits per heavy atom. The average molecular weight is 379 g/mol. The summed E-state index contributed by atoms with van der Waals surface area (Å²) in [4.78, 5) is 7.89. The van der Waals surface area contributed by atoms with Gasteiger partial charge in [0.05, 0.1) is 12.6 Å². The molecule has 0 aliphatic carbocycles. The van der Waals surface area contributed by atoms with E-state index in [9.17, 15) is 5.11 Å². The Balaban J connectivity index is 1.52. The van der Waals surface area contributed by atoms with Crippen LogP contribution in [0.15, 0.2) is 59.7 Å². The Hall–Kier alpha value is -2.79. The molecule has 1 aromatic heterocycles. The van der Waals surface area contributed by atoms with Gasteiger partial charge in [-0.3, -0.25) is 4.99 Å². The summed E-state index contributed by atoms with van der Waals surface area (Å²) in [6, 6.07) is 16.5. The maximum absolute atomic E-state index is 10.3. The molecule has 1 atom stereocenters. The van der Waals surface area contributed by atoms with Gasteiger partial charge >= 0.3 is 0 Å². The fraction of sp³-hybridized carbons (Fsp3) is 0.348. The first-order chi connectivity index (χ1) is 13.7. The minimum absolute atomic E-state index is 0.372. The van der Waals surface area contributed by atoms with Gasteiger partial charge in [0.2, 0.25) is 0 Å². The largest absolute Gasteiger partial charge is 0.391 e. The minimum atomic E-state index is -0.491. The zero-order valence-electron chi connectivity index (χ0n) is 16.7. The van der Waals surface area contributed by atoms with Crippen LogP contribution in [0.3, 0.4) is 0 Å². The zero-order valence-corrected chi connectivity index (χ0v) is 16.7. The third-order valence-electron chi connectivity index (χ3n) is 4.73. The lowest BCUT2D eigenvalue weighted by Gasteiger charge is -2.13. The number of aromatic nitrogens is 1. The second-order valence-electron chi connectivity index (χ2n) is 7.10. The number of rotatable bonds is 8. The number of benzene rings is 2. The Kier molecular flexibility index (Phi) is 7.09. The van der Waals surface area contributed by atoms with E-state index in [1.807, 2.05) is 37.3 Å². The number of aliphatic imine (C=N–C) groups is 1. The van der Waals surface area contributed by atoms with Crippen LogP contribution < -0.4 is 10.6 Å². The maximum atomic E-state index is 10.3. The van der Waals surface area contributed by atoms with Gasteiger partial charge < -0.3 is 20.7 Å². The standard InChI is InChI=1S/C23H30N4O/c1-3-24-23(27-16-20(28)14-18-7-5-4-6-8-18)25-12-11-19-15-26-22-13-17(2)9-10-21(19)22/h4-10,13,15,20,26,28H,3,11-12,14,16H2,1-2H3,(H2,24,25,27). The molecule has 0 saturated carbocycles. The molecule has 0 aliphatic heterocycles. The first-order valence-corrected chi connectivity index (χ1v) is 9.96. The van der Waals surface area contributed by atoms with Gasteiger partial charge in [-0.2, -0.15) is 0 Å². The Morgan fingerprint density at radius 1 is 1.14 bits per heavy atom. The average Bonchev–Trinajstić information content (AvgIpc) is 3.09. The lowest BCUT2D eigenvalue weighted by molar-refractivity contribution is 0.183. The van der Waals surface area contributed by atoms with Gasteiger partial charge in [0, 0.05) is 36.6 Å². The molecule has 0 saturated heterocycles. The first kappa shape index (κ1) is 20.0. The molecule has 0 radical (unpaired) electrons. The van der Waals surface area contributed by atoms with Crippen LogP contribution in [0.5, 0.6) is 0 Å². The van der Waals surface area contributed by atoms with Crippen molar-refractivity contribution in [3.05, 3.63) is 71.4 Å². The molecule has 28 heavy (non-hydrogen) atoms. The molecule has 0 amide bonds. The predicted molar refractivity (Wildman–Crippen MR) is 117 cm³/mol. The lowest BCUT2D eigenvalue weighted by Crippen LogP contribution is -2.39. The molecule has 4 N–H and O–H groups in total. The molecule has 0 bridgehead atoms. The van der Waals surface area contributed by atoms with Crippen LogP contribution in [0.4, 0.5) is 0 Å². The molecule has 0 fully saturated rings. The molecule has 0 aliphatic rings. The van der Waals surface area contributed by atoms with Crippen molar-refractivity contribution in [3.8, 4) is 0 Å². The molecular formula is C23H30N4O. The number of hydrogen-bond donors (Lipinski definition) is 4. The summed E-state index contributed by atoms with van der Waals surface area (Å²) in [6.07, 6.45) is 3.10. The van der Waals surface area contributed by atoms with Gasteiger partial charge in [-0.1, -0.05) is 42.5 Å². The highest BCUT2D eigenvalue weighted by Gasteiger charge is 2.07. The van der Waals surface area contributed by atoms with Crippen molar-refractivity contribution in [1.29, 1.82) is 0 Å². The molecule has 1 heterocycles. The highest BCUT2D eigenvalue weighted by atomic mass is 16.3. The number of nitrogens with one attached hydrogen (secondary N) is 3. The quantitative estimate of drug-likeness (QED) is 0.359. The predicted octanol–water partition coefficient (Wildman–Crippen LogP) is 3.18. The van der Waals surface area contributed by atoms with Gasteiger partial charge in [-0.15, -0.1) is 0 Å². The van der Waals surface area contributed by atoms with Gasteiger partial charge in [-0.05, 0) is 43.0 Å². The summed E-state index contributed by atoms with van der Waals surface area (Å²) in [5.41, 5.74) is 4.86. The van der Waals surface area contributed by atoms with Gasteiger partial charge in [0.15, 0.2) is 5.96 Å². The fourth-order valence-electron chi connectivity index (χ4n) is 3.31. The van der Waals surface area contributed by atoms with Crippen molar-refractivity contribution in [2.75, 3.05) is 19.6 Å². The first-order valence-electron chi connectivity index (χ1n) is 9.96. The van der Waals surface area contributed by atoms with E-state index in [1.165, 1.54) is 22.0 Å². The van der Waals surface area contributed by atoms with Crippen LogP contribution in [0.25, 0.3) is 10.9 Å². The Labute approximate surface area is 166 Å². The molecule has 5 heteroatoms. The number of aryl methyl sites for hydroxylation is 1. The highest BCUT2D eigenvalue weighted by Crippen LogP contribution is 2.19. The third-order valence-corrected chi connectivity index (χ3v) is 4.73. The summed E-state index contributed by atoms with van der Waals surface area (Å²) >= 11 is 0. The van der Waals surface area contributed by atoms with E-state index in [0.29, 0.717) is 13.0 Å². The third kappa shape index (κ3) is 5.60. The molecule has 148 valence electrons.